The van der Waals surface area contributed by atoms with Crippen molar-refractivity contribution in [2.45, 2.75) is 20.3 Å². The van der Waals surface area contributed by atoms with Gasteiger partial charge in [0.05, 0.1) is 27.5 Å². The van der Waals surface area contributed by atoms with Crippen molar-refractivity contribution in [2.24, 2.45) is 11.3 Å². The predicted octanol–water partition coefficient (Wildman–Crippen LogP) is 4.45. The Morgan fingerprint density at radius 1 is 1.21 bits per heavy atom. The molecule has 142 valence electrons. The van der Waals surface area contributed by atoms with Gasteiger partial charge in [0.1, 0.15) is 11.6 Å². The summed E-state index contributed by atoms with van der Waals surface area (Å²) in [4.78, 5) is 22.2. The van der Waals surface area contributed by atoms with Crippen LogP contribution in [0.3, 0.4) is 0 Å². The smallest absolute Gasteiger partial charge is 0.211 e. The van der Waals surface area contributed by atoms with Crippen molar-refractivity contribution in [1.82, 2.24) is 19.7 Å². The fourth-order valence-corrected chi connectivity index (χ4v) is 4.91. The molecule has 7 heteroatoms. The van der Waals surface area contributed by atoms with E-state index in [1.165, 1.54) is 0 Å². The van der Waals surface area contributed by atoms with Crippen molar-refractivity contribution in [1.29, 1.82) is 5.26 Å². The number of carbonyl (C=O) groups is 1. The number of ketones is 1. The van der Waals surface area contributed by atoms with Gasteiger partial charge in [0.25, 0.3) is 0 Å². The lowest BCUT2D eigenvalue weighted by molar-refractivity contribution is 0.0835. The van der Waals surface area contributed by atoms with Gasteiger partial charge in [0, 0.05) is 18.0 Å². The SMILES string of the molecule is CC1(C)Cc2c(c(-c3ccncc3)nn2-c2nc3ccccc3s2)C(=O)C1C#N. The number of thiazole rings is 1. The summed E-state index contributed by atoms with van der Waals surface area (Å²) in [5, 5.41) is 15.2. The van der Waals surface area contributed by atoms with E-state index in [0.29, 0.717) is 17.7 Å². The monoisotopic (exact) mass is 399 g/mol. The second-order valence-corrected chi connectivity index (χ2v) is 8.88. The number of benzene rings is 1. The lowest BCUT2D eigenvalue weighted by Gasteiger charge is -2.33. The zero-order chi connectivity index (χ0) is 20.2. The number of hydrogen-bond donors (Lipinski definition) is 0. The standard InChI is InChI=1S/C22H17N5OS/c1-22(2)11-16-18(20(28)14(22)12-23)19(13-7-9-24-10-8-13)26-27(16)21-25-15-5-3-4-6-17(15)29-21/h3-10,14H,11H2,1-2H3. The molecule has 0 amide bonds. The molecule has 29 heavy (non-hydrogen) atoms. The molecule has 0 bridgehead atoms. The van der Waals surface area contributed by atoms with Crippen LogP contribution in [0.1, 0.15) is 29.9 Å². The third-order valence-corrected chi connectivity index (χ3v) is 6.45. The molecule has 0 saturated heterocycles. The molecule has 3 aromatic heterocycles. The minimum absolute atomic E-state index is 0.169. The van der Waals surface area contributed by atoms with Gasteiger partial charge in [-0.1, -0.05) is 37.3 Å². The average Bonchev–Trinajstić information content (AvgIpc) is 3.29. The zero-order valence-corrected chi connectivity index (χ0v) is 16.8. The van der Waals surface area contributed by atoms with Gasteiger partial charge in [0.15, 0.2) is 5.78 Å². The second kappa shape index (κ2) is 6.33. The Bertz CT molecular complexity index is 1260. The number of rotatable bonds is 2. The van der Waals surface area contributed by atoms with Crippen LogP contribution in [-0.2, 0) is 6.42 Å². The Kier molecular flexibility index (Phi) is 3.86. The number of para-hydroxylation sites is 1. The van der Waals surface area contributed by atoms with Crippen LogP contribution in [0.15, 0.2) is 48.8 Å². The molecule has 1 aliphatic carbocycles. The largest absolute Gasteiger partial charge is 0.293 e. The molecule has 5 rings (SSSR count). The first-order chi connectivity index (χ1) is 14.0. The first-order valence-corrected chi connectivity index (χ1v) is 10.1. The number of fused-ring (bicyclic) bond motifs is 2. The fourth-order valence-electron chi connectivity index (χ4n) is 3.96. The molecule has 0 radical (unpaired) electrons. The van der Waals surface area contributed by atoms with Crippen LogP contribution in [0.2, 0.25) is 0 Å². The van der Waals surface area contributed by atoms with Gasteiger partial charge >= 0.3 is 0 Å². The molecule has 1 unspecified atom stereocenters. The number of carbonyl (C=O) groups excluding carboxylic acids is 1. The van der Waals surface area contributed by atoms with E-state index in [2.05, 4.69) is 11.1 Å². The summed E-state index contributed by atoms with van der Waals surface area (Å²) in [5.74, 6) is -0.874. The number of nitrogens with zero attached hydrogens (tertiary/aromatic N) is 5. The van der Waals surface area contributed by atoms with Crippen molar-refractivity contribution in [3.63, 3.8) is 0 Å². The van der Waals surface area contributed by atoms with Gasteiger partial charge < -0.3 is 0 Å². The van der Waals surface area contributed by atoms with E-state index in [1.54, 1.807) is 28.4 Å². The number of nitriles is 1. The van der Waals surface area contributed by atoms with Crippen LogP contribution >= 0.6 is 11.3 Å². The van der Waals surface area contributed by atoms with Crippen LogP contribution < -0.4 is 0 Å². The minimum atomic E-state index is -0.705. The van der Waals surface area contributed by atoms with E-state index in [4.69, 9.17) is 10.1 Å². The molecule has 0 aliphatic heterocycles. The Morgan fingerprint density at radius 3 is 2.69 bits per heavy atom. The lowest BCUT2D eigenvalue weighted by atomic mass is 9.67. The van der Waals surface area contributed by atoms with Crippen molar-refractivity contribution in [2.75, 3.05) is 0 Å². The van der Waals surface area contributed by atoms with Crippen LogP contribution in [0.25, 0.3) is 26.6 Å². The fraction of sp³-hybridized carbons (Fsp3) is 0.227. The van der Waals surface area contributed by atoms with Gasteiger partial charge in [-0.3, -0.25) is 9.78 Å². The zero-order valence-electron chi connectivity index (χ0n) is 16.0. The van der Waals surface area contributed by atoms with Gasteiger partial charge in [-0.25, -0.2) is 9.67 Å². The summed E-state index contributed by atoms with van der Waals surface area (Å²) in [7, 11) is 0. The van der Waals surface area contributed by atoms with Crippen LogP contribution in [0.4, 0.5) is 0 Å². The number of aromatic nitrogens is 4. The molecule has 0 fully saturated rings. The normalized spacial score (nSPS) is 17.8. The predicted molar refractivity (Wildman–Crippen MR) is 111 cm³/mol. The van der Waals surface area contributed by atoms with E-state index in [9.17, 15) is 10.1 Å². The number of pyridine rings is 1. The van der Waals surface area contributed by atoms with E-state index in [-0.39, 0.29) is 5.78 Å². The van der Waals surface area contributed by atoms with E-state index in [0.717, 1.165) is 26.6 Å². The summed E-state index contributed by atoms with van der Waals surface area (Å²) in [6, 6.07) is 13.8. The van der Waals surface area contributed by atoms with E-state index in [1.807, 2.05) is 50.2 Å². The Hall–Kier alpha value is -3.37. The Balaban J connectivity index is 1.79. The highest BCUT2D eigenvalue weighted by molar-refractivity contribution is 7.20. The molecule has 1 aliphatic rings. The lowest BCUT2D eigenvalue weighted by Crippen LogP contribution is -2.37. The molecule has 0 N–H and O–H groups in total. The minimum Gasteiger partial charge on any atom is -0.293 e. The molecular formula is C22H17N5OS. The van der Waals surface area contributed by atoms with Crippen molar-refractivity contribution < 1.29 is 4.79 Å². The topological polar surface area (TPSA) is 84.5 Å². The maximum absolute atomic E-state index is 13.4. The van der Waals surface area contributed by atoms with Crippen molar-refractivity contribution >= 4 is 27.3 Å². The molecule has 0 spiro atoms. The van der Waals surface area contributed by atoms with E-state index >= 15 is 0 Å². The molecule has 6 nitrogen and oxygen atoms in total. The summed E-state index contributed by atoms with van der Waals surface area (Å²) < 4.78 is 2.86. The van der Waals surface area contributed by atoms with Crippen molar-refractivity contribution in [3.8, 4) is 22.5 Å². The molecule has 1 aromatic carbocycles. The Morgan fingerprint density at radius 2 is 1.97 bits per heavy atom. The number of hydrogen-bond acceptors (Lipinski definition) is 6. The summed E-state index contributed by atoms with van der Waals surface area (Å²) in [5.41, 5.74) is 3.16. The molecule has 0 saturated carbocycles. The van der Waals surface area contributed by atoms with Gasteiger partial charge in [-0.2, -0.15) is 10.4 Å². The maximum Gasteiger partial charge on any atom is 0.211 e. The molecule has 1 atom stereocenters. The summed E-state index contributed by atoms with van der Waals surface area (Å²) in [6.45, 7) is 3.92. The third-order valence-electron chi connectivity index (χ3n) is 5.44. The molecule has 4 aromatic rings. The van der Waals surface area contributed by atoms with E-state index < -0.39 is 11.3 Å². The van der Waals surface area contributed by atoms with Crippen molar-refractivity contribution in [3.05, 3.63) is 60.0 Å². The summed E-state index contributed by atoms with van der Waals surface area (Å²) >= 11 is 1.54. The Labute approximate surface area is 171 Å². The first kappa shape index (κ1) is 17.7. The first-order valence-electron chi connectivity index (χ1n) is 9.31. The van der Waals surface area contributed by atoms with Gasteiger partial charge in [-0.15, -0.1) is 0 Å². The number of Topliss-reactive ketones (excluding diaryl/α,β-unsaturated/α-hetero) is 1. The molecular weight excluding hydrogens is 382 g/mol. The van der Waals surface area contributed by atoms with Gasteiger partial charge in [-0.05, 0) is 36.1 Å². The highest BCUT2D eigenvalue weighted by atomic mass is 32.1. The average molecular weight is 399 g/mol. The van der Waals surface area contributed by atoms with Crippen LogP contribution in [-0.4, -0.2) is 25.5 Å². The molecule has 3 heterocycles. The third kappa shape index (κ3) is 2.68. The second-order valence-electron chi connectivity index (χ2n) is 7.87. The highest BCUT2D eigenvalue weighted by Gasteiger charge is 2.45. The highest BCUT2D eigenvalue weighted by Crippen LogP contribution is 2.43. The maximum atomic E-state index is 13.4. The van der Waals surface area contributed by atoms with Crippen LogP contribution in [0, 0.1) is 22.7 Å². The quantitative estimate of drug-likeness (QED) is 0.497. The van der Waals surface area contributed by atoms with Gasteiger partial charge in [0.2, 0.25) is 5.13 Å². The van der Waals surface area contributed by atoms with Crippen LogP contribution in [0.5, 0.6) is 0 Å². The summed E-state index contributed by atoms with van der Waals surface area (Å²) in [6.07, 6.45) is 3.93.